The van der Waals surface area contributed by atoms with E-state index in [1.165, 1.54) is 55.3 Å². The minimum absolute atomic E-state index is 0.0700. The highest BCUT2D eigenvalue weighted by molar-refractivity contribution is 7.89. The topological polar surface area (TPSA) is 91.8 Å². The number of hydrogen-bond donors (Lipinski definition) is 1. The third-order valence-electron chi connectivity index (χ3n) is 5.95. The molecule has 0 unspecified atom stereocenters. The quantitative estimate of drug-likeness (QED) is 0.599. The van der Waals surface area contributed by atoms with Crippen LogP contribution in [0.1, 0.15) is 55.5 Å². The van der Waals surface area contributed by atoms with Crippen LogP contribution in [0.3, 0.4) is 0 Å². The first-order valence-electron chi connectivity index (χ1n) is 11.6. The highest BCUT2D eigenvalue weighted by Gasteiger charge is 2.24. The Morgan fingerprint density at radius 3 is 2.36 bits per heavy atom. The third kappa shape index (κ3) is 6.03. The Morgan fingerprint density at radius 1 is 1.09 bits per heavy atom. The van der Waals surface area contributed by atoms with Crippen LogP contribution >= 0.6 is 0 Å². The number of rotatable bonds is 9. The standard InChI is InChI=1S/C24H34N4O4S/c1-4-28(5-2)33(30,31)20-11-12-22(32-3)21(16-20)24(29)26-18-19-10-13-23(25-17-19)27-14-8-6-7-9-15-27/h10-13,16-17H,4-9,14-15,18H2,1-3H3,(H,26,29). The van der Waals surface area contributed by atoms with Crippen LogP contribution in [0.2, 0.25) is 0 Å². The number of carbonyl (C=O) groups excluding carboxylic acids is 1. The Kier molecular flexibility index (Phi) is 8.68. The number of nitrogens with zero attached hydrogens (tertiary/aromatic N) is 3. The van der Waals surface area contributed by atoms with Gasteiger partial charge < -0.3 is 15.0 Å². The Morgan fingerprint density at radius 2 is 1.79 bits per heavy atom. The molecule has 1 N–H and O–H groups in total. The Balaban J connectivity index is 1.72. The molecule has 1 aromatic carbocycles. The second-order valence-corrected chi connectivity index (χ2v) is 10.00. The van der Waals surface area contributed by atoms with Crippen molar-refractivity contribution >= 4 is 21.7 Å². The van der Waals surface area contributed by atoms with Gasteiger partial charge in [0.05, 0.1) is 17.6 Å². The second-order valence-electron chi connectivity index (χ2n) is 8.06. The molecular weight excluding hydrogens is 440 g/mol. The predicted octanol–water partition coefficient (Wildman–Crippen LogP) is 3.43. The maximum absolute atomic E-state index is 12.9. The van der Waals surface area contributed by atoms with Gasteiger partial charge in [-0.25, -0.2) is 13.4 Å². The van der Waals surface area contributed by atoms with Gasteiger partial charge in [-0.05, 0) is 42.7 Å². The molecule has 1 aromatic heterocycles. The van der Waals surface area contributed by atoms with Crippen molar-refractivity contribution in [2.24, 2.45) is 0 Å². The molecular formula is C24H34N4O4S. The molecule has 0 spiro atoms. The first kappa shape index (κ1) is 25.0. The third-order valence-corrected chi connectivity index (χ3v) is 8.00. The largest absolute Gasteiger partial charge is 0.496 e. The summed E-state index contributed by atoms with van der Waals surface area (Å²) in [6.07, 6.45) is 6.68. The summed E-state index contributed by atoms with van der Waals surface area (Å²) in [5.41, 5.74) is 1.05. The molecule has 0 aliphatic carbocycles. The van der Waals surface area contributed by atoms with E-state index in [1.807, 2.05) is 12.1 Å². The number of aromatic nitrogens is 1. The van der Waals surface area contributed by atoms with Gasteiger partial charge in [-0.3, -0.25) is 4.79 Å². The molecule has 0 bridgehead atoms. The van der Waals surface area contributed by atoms with Crippen molar-refractivity contribution in [1.82, 2.24) is 14.6 Å². The maximum atomic E-state index is 12.9. The SMILES string of the molecule is CCN(CC)S(=O)(=O)c1ccc(OC)c(C(=O)NCc2ccc(N3CCCCCC3)nc2)c1. The number of benzene rings is 1. The van der Waals surface area contributed by atoms with Crippen molar-refractivity contribution < 1.29 is 17.9 Å². The van der Waals surface area contributed by atoms with E-state index in [2.05, 4.69) is 15.2 Å². The van der Waals surface area contributed by atoms with Crippen molar-refractivity contribution in [3.8, 4) is 5.75 Å². The number of ether oxygens (including phenoxy) is 1. The zero-order chi connectivity index (χ0) is 23.8. The number of nitrogens with one attached hydrogen (secondary N) is 1. The molecule has 0 atom stereocenters. The predicted molar refractivity (Wildman–Crippen MR) is 129 cm³/mol. The number of carbonyl (C=O) groups is 1. The molecule has 2 heterocycles. The molecule has 1 aliphatic rings. The number of amides is 1. The van der Waals surface area contributed by atoms with Crippen LogP contribution in [0.5, 0.6) is 5.75 Å². The fourth-order valence-corrected chi connectivity index (χ4v) is 5.51. The van der Waals surface area contributed by atoms with Crippen LogP contribution in [0.25, 0.3) is 0 Å². The normalized spacial score (nSPS) is 14.7. The van der Waals surface area contributed by atoms with Crippen molar-refractivity contribution in [3.05, 3.63) is 47.7 Å². The summed E-state index contributed by atoms with van der Waals surface area (Å²) in [5, 5.41) is 2.85. The van der Waals surface area contributed by atoms with E-state index >= 15 is 0 Å². The lowest BCUT2D eigenvalue weighted by molar-refractivity contribution is 0.0947. The molecule has 0 radical (unpaired) electrons. The number of methoxy groups -OCH3 is 1. The van der Waals surface area contributed by atoms with Gasteiger partial charge in [0.15, 0.2) is 0 Å². The highest BCUT2D eigenvalue weighted by atomic mass is 32.2. The van der Waals surface area contributed by atoms with E-state index in [0.717, 1.165) is 24.5 Å². The van der Waals surface area contributed by atoms with E-state index < -0.39 is 15.9 Å². The number of pyridine rings is 1. The minimum atomic E-state index is -3.68. The van der Waals surface area contributed by atoms with E-state index in [1.54, 1.807) is 20.0 Å². The lowest BCUT2D eigenvalue weighted by Gasteiger charge is -2.21. The first-order valence-corrected chi connectivity index (χ1v) is 13.0. The Hall–Kier alpha value is -2.65. The van der Waals surface area contributed by atoms with Gasteiger partial charge in [-0.1, -0.05) is 32.8 Å². The van der Waals surface area contributed by atoms with Gasteiger partial charge in [0.1, 0.15) is 11.6 Å². The fourth-order valence-electron chi connectivity index (χ4n) is 4.02. The van der Waals surface area contributed by atoms with Gasteiger partial charge in [0.25, 0.3) is 5.91 Å². The average Bonchev–Trinajstić information content (AvgIpc) is 3.12. The summed E-state index contributed by atoms with van der Waals surface area (Å²) in [5.74, 6) is 0.878. The number of hydrogen-bond acceptors (Lipinski definition) is 6. The molecule has 1 amide bonds. The van der Waals surface area contributed by atoms with E-state index in [4.69, 9.17) is 4.74 Å². The number of sulfonamides is 1. The van der Waals surface area contributed by atoms with Crippen LogP contribution in [0.15, 0.2) is 41.4 Å². The van der Waals surface area contributed by atoms with E-state index in [9.17, 15) is 13.2 Å². The van der Waals surface area contributed by atoms with Crippen molar-refractivity contribution in [2.45, 2.75) is 51.0 Å². The summed E-state index contributed by atoms with van der Waals surface area (Å²) >= 11 is 0. The monoisotopic (exact) mass is 474 g/mol. The van der Waals surface area contributed by atoms with Gasteiger partial charge >= 0.3 is 0 Å². The van der Waals surface area contributed by atoms with Gasteiger partial charge in [-0.2, -0.15) is 4.31 Å². The Labute approximate surface area is 197 Å². The molecule has 2 aromatic rings. The van der Waals surface area contributed by atoms with Crippen LogP contribution in [0.4, 0.5) is 5.82 Å². The summed E-state index contributed by atoms with van der Waals surface area (Å²) in [4.78, 5) is 19.9. The van der Waals surface area contributed by atoms with Crippen LogP contribution in [0, 0.1) is 0 Å². The minimum Gasteiger partial charge on any atom is -0.496 e. The molecule has 1 saturated heterocycles. The van der Waals surface area contributed by atoms with Gasteiger partial charge in [0, 0.05) is 38.9 Å². The molecule has 8 nitrogen and oxygen atoms in total. The van der Waals surface area contributed by atoms with Crippen molar-refractivity contribution in [1.29, 1.82) is 0 Å². The molecule has 1 fully saturated rings. The molecule has 3 rings (SSSR count). The molecule has 1 aliphatic heterocycles. The fraction of sp³-hybridized carbons (Fsp3) is 0.500. The lowest BCUT2D eigenvalue weighted by atomic mass is 10.2. The zero-order valence-corrected chi connectivity index (χ0v) is 20.5. The lowest BCUT2D eigenvalue weighted by Crippen LogP contribution is -2.31. The summed E-state index contributed by atoms with van der Waals surface area (Å²) in [6, 6.07) is 8.32. The van der Waals surface area contributed by atoms with E-state index in [0.29, 0.717) is 18.8 Å². The Bertz CT molecular complexity index is 1030. The van der Waals surface area contributed by atoms with Crippen LogP contribution < -0.4 is 15.0 Å². The molecule has 33 heavy (non-hydrogen) atoms. The summed E-state index contributed by atoms with van der Waals surface area (Å²) in [6.45, 7) is 6.60. The van der Waals surface area contributed by atoms with Crippen LogP contribution in [-0.4, -0.2) is 56.9 Å². The average molecular weight is 475 g/mol. The van der Waals surface area contributed by atoms with Gasteiger partial charge in [0.2, 0.25) is 10.0 Å². The smallest absolute Gasteiger partial charge is 0.255 e. The summed E-state index contributed by atoms with van der Waals surface area (Å²) < 4.78 is 32.4. The van der Waals surface area contributed by atoms with Gasteiger partial charge in [-0.15, -0.1) is 0 Å². The maximum Gasteiger partial charge on any atom is 0.255 e. The molecule has 0 saturated carbocycles. The van der Waals surface area contributed by atoms with Crippen molar-refractivity contribution in [2.75, 3.05) is 38.2 Å². The number of anilines is 1. The first-order chi connectivity index (χ1) is 15.9. The van der Waals surface area contributed by atoms with E-state index in [-0.39, 0.29) is 17.0 Å². The second kappa shape index (κ2) is 11.5. The highest BCUT2D eigenvalue weighted by Crippen LogP contribution is 2.25. The van der Waals surface area contributed by atoms with Crippen LogP contribution in [-0.2, 0) is 16.6 Å². The zero-order valence-electron chi connectivity index (χ0n) is 19.7. The summed E-state index contributed by atoms with van der Waals surface area (Å²) in [7, 11) is -2.23. The molecule has 180 valence electrons. The van der Waals surface area contributed by atoms with Crippen molar-refractivity contribution in [3.63, 3.8) is 0 Å². The molecule has 9 heteroatoms.